The molecule has 0 saturated carbocycles. The zero-order valence-corrected chi connectivity index (χ0v) is 12.0. The van der Waals surface area contributed by atoms with Crippen molar-refractivity contribution in [3.63, 3.8) is 0 Å². The smallest absolute Gasteiger partial charge is 0.333 e. The summed E-state index contributed by atoms with van der Waals surface area (Å²) in [7, 11) is 0. The lowest BCUT2D eigenvalue weighted by Gasteiger charge is -2.31. The van der Waals surface area contributed by atoms with E-state index >= 15 is 0 Å². The second-order valence-electron chi connectivity index (χ2n) is 4.96. The first kappa shape index (κ1) is 13.9. The summed E-state index contributed by atoms with van der Waals surface area (Å²) in [5, 5.41) is 16.9. The van der Waals surface area contributed by atoms with Crippen LogP contribution in [0.2, 0.25) is 5.02 Å². The number of halogens is 1. The summed E-state index contributed by atoms with van der Waals surface area (Å²) in [4.78, 5) is 12.2. The van der Waals surface area contributed by atoms with Crippen molar-refractivity contribution in [3.8, 4) is 0 Å². The zero-order chi connectivity index (χ0) is 14.9. The van der Waals surface area contributed by atoms with Crippen LogP contribution in [0.1, 0.15) is 11.1 Å². The third-order valence-electron chi connectivity index (χ3n) is 3.74. The van der Waals surface area contributed by atoms with Gasteiger partial charge in [-0.1, -0.05) is 41.9 Å². The standard InChI is InChI=1S/C16H15ClN2O2/c17-12-6-7-14-13(10-12)16(15(20)21,19-9-8-18-14)11-4-2-1-3-5-11/h1-7,10,18-19H,8-9H2,(H,20,21). The summed E-state index contributed by atoms with van der Waals surface area (Å²) in [6.45, 7) is 1.18. The Hall–Kier alpha value is -2.04. The lowest BCUT2D eigenvalue weighted by atomic mass is 9.82. The molecule has 1 heterocycles. The number of aliphatic carboxylic acids is 1. The van der Waals surface area contributed by atoms with Gasteiger partial charge in [0.15, 0.2) is 5.54 Å². The normalized spacial score (nSPS) is 21.0. The molecule has 0 bridgehead atoms. The Labute approximate surface area is 127 Å². The molecule has 0 aliphatic carbocycles. The highest BCUT2D eigenvalue weighted by atomic mass is 35.5. The molecule has 0 saturated heterocycles. The maximum atomic E-state index is 12.2. The number of hydrogen-bond donors (Lipinski definition) is 3. The van der Waals surface area contributed by atoms with Crippen molar-refractivity contribution in [3.05, 3.63) is 64.7 Å². The van der Waals surface area contributed by atoms with Gasteiger partial charge in [-0.3, -0.25) is 5.32 Å². The fraction of sp³-hybridized carbons (Fsp3) is 0.188. The van der Waals surface area contributed by atoms with Crippen LogP contribution in [-0.4, -0.2) is 24.2 Å². The molecular weight excluding hydrogens is 288 g/mol. The van der Waals surface area contributed by atoms with Gasteiger partial charge in [0, 0.05) is 29.4 Å². The van der Waals surface area contributed by atoms with Crippen LogP contribution in [0, 0.1) is 0 Å². The number of fused-ring (bicyclic) bond motifs is 1. The Bertz CT molecular complexity index is 675. The van der Waals surface area contributed by atoms with Crippen LogP contribution in [0.25, 0.3) is 0 Å². The lowest BCUT2D eigenvalue weighted by Crippen LogP contribution is -2.50. The molecule has 1 aliphatic rings. The molecule has 4 nitrogen and oxygen atoms in total. The molecule has 1 aliphatic heterocycles. The monoisotopic (exact) mass is 302 g/mol. The summed E-state index contributed by atoms with van der Waals surface area (Å²) in [5.41, 5.74) is 0.803. The van der Waals surface area contributed by atoms with Crippen LogP contribution >= 0.6 is 11.6 Å². The van der Waals surface area contributed by atoms with E-state index in [9.17, 15) is 9.90 Å². The van der Waals surface area contributed by atoms with E-state index in [0.29, 0.717) is 29.2 Å². The SMILES string of the molecule is O=C(O)C1(c2ccccc2)NCCNc2ccc(Cl)cc21. The quantitative estimate of drug-likeness (QED) is 0.798. The Balaban J connectivity index is 2.30. The van der Waals surface area contributed by atoms with Crippen molar-refractivity contribution < 1.29 is 9.90 Å². The van der Waals surface area contributed by atoms with Crippen molar-refractivity contribution in [1.82, 2.24) is 5.32 Å². The molecule has 0 spiro atoms. The first-order valence-corrected chi connectivity index (χ1v) is 7.10. The number of benzene rings is 2. The molecule has 2 aromatic rings. The van der Waals surface area contributed by atoms with Crippen molar-refractivity contribution in [2.75, 3.05) is 18.4 Å². The van der Waals surface area contributed by atoms with Gasteiger partial charge >= 0.3 is 5.97 Å². The second-order valence-corrected chi connectivity index (χ2v) is 5.40. The highest BCUT2D eigenvalue weighted by Gasteiger charge is 2.44. The Morgan fingerprint density at radius 2 is 1.90 bits per heavy atom. The Morgan fingerprint density at radius 1 is 1.14 bits per heavy atom. The van der Waals surface area contributed by atoms with Gasteiger partial charge in [-0.05, 0) is 23.8 Å². The van der Waals surface area contributed by atoms with E-state index in [1.807, 2.05) is 36.4 Å². The van der Waals surface area contributed by atoms with Gasteiger partial charge in [0.1, 0.15) is 0 Å². The molecule has 1 atom stereocenters. The minimum absolute atomic E-state index is 0.515. The van der Waals surface area contributed by atoms with Crippen molar-refractivity contribution in [1.29, 1.82) is 0 Å². The average molecular weight is 303 g/mol. The molecule has 1 unspecified atom stereocenters. The highest BCUT2D eigenvalue weighted by Crippen LogP contribution is 2.37. The fourth-order valence-electron chi connectivity index (χ4n) is 2.78. The van der Waals surface area contributed by atoms with E-state index in [1.54, 1.807) is 12.1 Å². The summed E-state index contributed by atoms with van der Waals surface area (Å²) in [6, 6.07) is 14.5. The molecule has 0 aromatic heterocycles. The molecule has 3 N–H and O–H groups in total. The minimum Gasteiger partial charge on any atom is -0.479 e. The highest BCUT2D eigenvalue weighted by molar-refractivity contribution is 6.30. The predicted molar refractivity (Wildman–Crippen MR) is 82.8 cm³/mol. The summed E-state index contributed by atoms with van der Waals surface area (Å²) >= 11 is 6.10. The number of anilines is 1. The van der Waals surface area contributed by atoms with Crippen molar-refractivity contribution in [2.45, 2.75) is 5.54 Å². The first-order valence-electron chi connectivity index (χ1n) is 6.72. The number of carbonyl (C=O) groups is 1. The average Bonchev–Trinajstić information content (AvgIpc) is 2.68. The van der Waals surface area contributed by atoms with Crippen LogP contribution in [0.3, 0.4) is 0 Å². The third-order valence-corrected chi connectivity index (χ3v) is 3.98. The van der Waals surface area contributed by atoms with Gasteiger partial charge < -0.3 is 10.4 Å². The molecule has 108 valence electrons. The van der Waals surface area contributed by atoms with E-state index in [1.165, 1.54) is 0 Å². The van der Waals surface area contributed by atoms with Gasteiger partial charge in [-0.2, -0.15) is 0 Å². The second kappa shape index (κ2) is 5.39. The maximum absolute atomic E-state index is 12.2. The maximum Gasteiger partial charge on any atom is 0.333 e. The largest absolute Gasteiger partial charge is 0.479 e. The first-order chi connectivity index (χ1) is 10.1. The topological polar surface area (TPSA) is 61.4 Å². The molecule has 0 radical (unpaired) electrons. The number of hydrogen-bond acceptors (Lipinski definition) is 3. The van der Waals surface area contributed by atoms with E-state index in [4.69, 9.17) is 11.6 Å². The molecule has 5 heteroatoms. The Kier molecular flexibility index (Phi) is 3.57. The molecular formula is C16H15ClN2O2. The van der Waals surface area contributed by atoms with Gasteiger partial charge in [-0.15, -0.1) is 0 Å². The van der Waals surface area contributed by atoms with E-state index in [2.05, 4.69) is 10.6 Å². The van der Waals surface area contributed by atoms with E-state index in [0.717, 1.165) is 5.69 Å². The van der Waals surface area contributed by atoms with Crippen LogP contribution < -0.4 is 10.6 Å². The predicted octanol–water partition coefficient (Wildman–Crippen LogP) is 2.68. The lowest BCUT2D eigenvalue weighted by molar-refractivity contribution is -0.143. The van der Waals surface area contributed by atoms with Gasteiger partial charge in [0.2, 0.25) is 0 Å². The molecule has 2 aromatic carbocycles. The van der Waals surface area contributed by atoms with Gasteiger partial charge in [-0.25, -0.2) is 4.79 Å². The minimum atomic E-state index is -1.30. The van der Waals surface area contributed by atoms with Gasteiger partial charge in [0.05, 0.1) is 0 Å². The summed E-state index contributed by atoms with van der Waals surface area (Å²) in [6.07, 6.45) is 0. The number of nitrogens with one attached hydrogen (secondary N) is 2. The van der Waals surface area contributed by atoms with Crippen LogP contribution in [-0.2, 0) is 10.3 Å². The number of carboxylic acid groups (broad SMARTS) is 1. The van der Waals surface area contributed by atoms with Crippen LogP contribution in [0.15, 0.2) is 48.5 Å². The number of carboxylic acids is 1. The fourth-order valence-corrected chi connectivity index (χ4v) is 2.96. The van der Waals surface area contributed by atoms with Gasteiger partial charge in [0.25, 0.3) is 0 Å². The van der Waals surface area contributed by atoms with Crippen molar-refractivity contribution >= 4 is 23.3 Å². The molecule has 0 amide bonds. The van der Waals surface area contributed by atoms with Crippen LogP contribution in [0.4, 0.5) is 5.69 Å². The molecule has 21 heavy (non-hydrogen) atoms. The molecule has 0 fully saturated rings. The molecule has 3 rings (SSSR count). The zero-order valence-electron chi connectivity index (χ0n) is 11.3. The van der Waals surface area contributed by atoms with E-state index < -0.39 is 11.5 Å². The number of rotatable bonds is 2. The summed E-state index contributed by atoms with van der Waals surface area (Å²) in [5.74, 6) is -0.944. The Morgan fingerprint density at radius 3 is 2.62 bits per heavy atom. The van der Waals surface area contributed by atoms with Crippen molar-refractivity contribution in [2.24, 2.45) is 0 Å². The third kappa shape index (κ3) is 2.26. The van der Waals surface area contributed by atoms with Crippen LogP contribution in [0.5, 0.6) is 0 Å². The summed E-state index contributed by atoms with van der Waals surface area (Å²) < 4.78 is 0. The van der Waals surface area contributed by atoms with E-state index in [-0.39, 0.29) is 0 Å².